The fourth-order valence-electron chi connectivity index (χ4n) is 4.83. The van der Waals surface area contributed by atoms with Crippen molar-refractivity contribution >= 4 is 10.1 Å². The molecular formula is C32H33NO3S. The van der Waals surface area contributed by atoms with Gasteiger partial charge < -0.3 is 0 Å². The van der Waals surface area contributed by atoms with Crippen LogP contribution in [0.4, 0.5) is 0 Å². The van der Waals surface area contributed by atoms with Gasteiger partial charge in [0, 0.05) is 0 Å². The zero-order valence-electron chi connectivity index (χ0n) is 21.0. The summed E-state index contributed by atoms with van der Waals surface area (Å²) < 4.78 is 30.4. The molecule has 0 fully saturated rings. The molecule has 0 heterocycles. The molecule has 2 atom stereocenters. The van der Waals surface area contributed by atoms with Crippen LogP contribution in [-0.4, -0.2) is 26.8 Å². The number of rotatable bonds is 12. The molecule has 1 N–H and O–H groups in total. The first-order chi connectivity index (χ1) is 17.9. The van der Waals surface area contributed by atoms with Crippen molar-refractivity contribution in [3.8, 4) is 0 Å². The van der Waals surface area contributed by atoms with Gasteiger partial charge in [-0.25, -0.2) is 0 Å². The van der Waals surface area contributed by atoms with Crippen LogP contribution >= 0.6 is 0 Å². The fourth-order valence-corrected chi connectivity index (χ4v) is 5.50. The lowest BCUT2D eigenvalue weighted by atomic mass is 9.76. The third kappa shape index (κ3) is 6.63. The molecule has 0 amide bonds. The van der Waals surface area contributed by atoms with Crippen LogP contribution in [0.1, 0.15) is 28.7 Å². The standard InChI is InChI=1S/C32H33NO3S/c1-3-30(31(36-37(2,34)35)25-24-26-16-8-4-9-17-26)33-32(27-18-10-5-11-19-27,28-20-12-6-13-21-28)29-22-14-7-15-23-29/h3-23,30-31,33H,1,24-25H2,2H3/t30-,31+/m1/s1. The van der Waals surface area contributed by atoms with E-state index >= 15 is 0 Å². The Morgan fingerprint density at radius 2 is 1.16 bits per heavy atom. The van der Waals surface area contributed by atoms with Crippen LogP contribution in [-0.2, 0) is 26.3 Å². The highest BCUT2D eigenvalue weighted by Crippen LogP contribution is 2.38. The molecule has 0 aliphatic carbocycles. The van der Waals surface area contributed by atoms with Crippen LogP contribution < -0.4 is 5.32 Å². The number of hydrogen-bond donors (Lipinski definition) is 1. The van der Waals surface area contributed by atoms with E-state index in [9.17, 15) is 8.42 Å². The minimum absolute atomic E-state index is 0.487. The molecule has 4 aromatic carbocycles. The molecule has 0 unspecified atom stereocenters. The zero-order valence-corrected chi connectivity index (χ0v) is 21.8. The molecule has 0 radical (unpaired) electrons. The summed E-state index contributed by atoms with van der Waals surface area (Å²) in [7, 11) is -3.72. The van der Waals surface area contributed by atoms with Gasteiger partial charge in [-0.2, -0.15) is 8.42 Å². The second-order valence-corrected chi connectivity index (χ2v) is 10.7. The van der Waals surface area contributed by atoms with Crippen molar-refractivity contribution in [2.45, 2.75) is 30.5 Å². The average molecular weight is 512 g/mol. The Hall–Kier alpha value is -3.51. The molecule has 0 saturated heterocycles. The highest BCUT2D eigenvalue weighted by Gasteiger charge is 2.40. The van der Waals surface area contributed by atoms with Gasteiger partial charge in [0.2, 0.25) is 0 Å². The van der Waals surface area contributed by atoms with E-state index in [1.807, 2.05) is 84.9 Å². The fraction of sp³-hybridized carbons (Fsp3) is 0.188. The highest BCUT2D eigenvalue weighted by molar-refractivity contribution is 7.86. The predicted octanol–water partition coefficient (Wildman–Crippen LogP) is 6.10. The first kappa shape index (κ1) is 26.6. The van der Waals surface area contributed by atoms with Crippen LogP contribution in [0.15, 0.2) is 134 Å². The SMILES string of the molecule is C=C[C@@H](NC(c1ccccc1)(c1ccccc1)c1ccccc1)[C@H](CCc1ccccc1)OS(C)(=O)=O. The van der Waals surface area contributed by atoms with E-state index in [1.54, 1.807) is 6.08 Å². The smallest absolute Gasteiger partial charge is 0.264 e. The Labute approximate surface area is 220 Å². The lowest BCUT2D eigenvalue weighted by molar-refractivity contribution is 0.159. The Kier molecular flexibility index (Phi) is 8.72. The maximum absolute atomic E-state index is 12.4. The van der Waals surface area contributed by atoms with Gasteiger partial charge in [0.15, 0.2) is 0 Å². The summed E-state index contributed by atoms with van der Waals surface area (Å²) in [5, 5.41) is 3.82. The number of aryl methyl sites for hydroxylation is 1. The summed E-state index contributed by atoms with van der Waals surface area (Å²) in [5.74, 6) is 0. The maximum atomic E-state index is 12.4. The van der Waals surface area contributed by atoms with Gasteiger partial charge in [-0.3, -0.25) is 9.50 Å². The Morgan fingerprint density at radius 1 is 0.757 bits per heavy atom. The van der Waals surface area contributed by atoms with Crippen molar-refractivity contribution < 1.29 is 12.6 Å². The van der Waals surface area contributed by atoms with Crippen LogP contribution in [0.2, 0.25) is 0 Å². The first-order valence-corrected chi connectivity index (χ1v) is 14.2. The quantitative estimate of drug-likeness (QED) is 0.142. The van der Waals surface area contributed by atoms with Crippen molar-refractivity contribution in [1.29, 1.82) is 0 Å². The van der Waals surface area contributed by atoms with E-state index in [0.29, 0.717) is 12.8 Å². The molecule has 190 valence electrons. The minimum atomic E-state index is -3.72. The van der Waals surface area contributed by atoms with Crippen LogP contribution in [0.5, 0.6) is 0 Å². The lowest BCUT2D eigenvalue weighted by Gasteiger charge is -2.41. The van der Waals surface area contributed by atoms with Gasteiger partial charge >= 0.3 is 0 Å². The molecule has 5 heteroatoms. The Balaban J connectivity index is 1.82. The van der Waals surface area contributed by atoms with Gasteiger partial charge in [-0.05, 0) is 35.1 Å². The summed E-state index contributed by atoms with van der Waals surface area (Å²) in [5.41, 5.74) is 3.42. The molecule has 4 aromatic rings. The monoisotopic (exact) mass is 511 g/mol. The number of benzene rings is 4. The normalized spacial score (nSPS) is 13.5. The van der Waals surface area contributed by atoms with Crippen LogP contribution in [0.25, 0.3) is 0 Å². The topological polar surface area (TPSA) is 55.4 Å². The van der Waals surface area contributed by atoms with Crippen molar-refractivity contribution in [2.24, 2.45) is 0 Å². The van der Waals surface area contributed by atoms with Crippen molar-refractivity contribution in [2.75, 3.05) is 6.26 Å². The van der Waals surface area contributed by atoms with Gasteiger partial charge in [0.25, 0.3) is 10.1 Å². The molecule has 4 nitrogen and oxygen atoms in total. The van der Waals surface area contributed by atoms with Gasteiger partial charge in [-0.15, -0.1) is 6.58 Å². The third-order valence-electron chi connectivity index (χ3n) is 6.52. The molecule has 0 spiro atoms. The minimum Gasteiger partial charge on any atom is -0.291 e. The summed E-state index contributed by atoms with van der Waals surface area (Å²) in [4.78, 5) is 0. The molecular weight excluding hydrogens is 478 g/mol. The van der Waals surface area contributed by atoms with Gasteiger partial charge in [-0.1, -0.05) is 127 Å². The van der Waals surface area contributed by atoms with Crippen LogP contribution in [0.3, 0.4) is 0 Å². The molecule has 0 bridgehead atoms. The summed E-state index contributed by atoms with van der Waals surface area (Å²) >= 11 is 0. The maximum Gasteiger partial charge on any atom is 0.264 e. The van der Waals surface area contributed by atoms with E-state index in [4.69, 9.17) is 4.18 Å². The summed E-state index contributed by atoms with van der Waals surface area (Å²) in [6.45, 7) is 4.09. The first-order valence-electron chi connectivity index (χ1n) is 12.4. The van der Waals surface area contributed by atoms with E-state index in [-0.39, 0.29) is 0 Å². The molecule has 0 saturated carbocycles. The van der Waals surface area contributed by atoms with E-state index in [1.165, 1.54) is 0 Å². The predicted molar refractivity (Wildman–Crippen MR) is 151 cm³/mol. The zero-order chi connectivity index (χ0) is 26.1. The lowest BCUT2D eigenvalue weighted by Crippen LogP contribution is -2.53. The molecule has 4 rings (SSSR count). The van der Waals surface area contributed by atoms with Gasteiger partial charge in [0.05, 0.1) is 23.9 Å². The van der Waals surface area contributed by atoms with Crippen molar-refractivity contribution in [3.63, 3.8) is 0 Å². The van der Waals surface area contributed by atoms with Crippen molar-refractivity contribution in [1.82, 2.24) is 5.32 Å². The molecule has 0 aromatic heterocycles. The largest absolute Gasteiger partial charge is 0.291 e. The second-order valence-electron chi connectivity index (χ2n) is 9.12. The average Bonchev–Trinajstić information content (AvgIpc) is 2.93. The molecule has 37 heavy (non-hydrogen) atoms. The van der Waals surface area contributed by atoms with Gasteiger partial charge in [0.1, 0.15) is 0 Å². The third-order valence-corrected chi connectivity index (χ3v) is 7.11. The van der Waals surface area contributed by atoms with E-state index in [2.05, 4.69) is 48.3 Å². The summed E-state index contributed by atoms with van der Waals surface area (Å²) in [6, 6.07) is 40.1. The molecule has 0 aliphatic heterocycles. The number of nitrogens with one attached hydrogen (secondary N) is 1. The highest BCUT2D eigenvalue weighted by atomic mass is 32.2. The molecule has 0 aliphatic rings. The van der Waals surface area contributed by atoms with Crippen molar-refractivity contribution in [3.05, 3.63) is 156 Å². The van der Waals surface area contributed by atoms with E-state index in [0.717, 1.165) is 28.5 Å². The Morgan fingerprint density at radius 3 is 1.54 bits per heavy atom. The second kappa shape index (κ2) is 12.2. The van der Waals surface area contributed by atoms with E-state index < -0.39 is 27.8 Å². The number of hydrogen-bond acceptors (Lipinski definition) is 4. The Bertz CT molecular complexity index is 1260. The summed E-state index contributed by atoms with van der Waals surface area (Å²) in [6.07, 6.45) is 3.35. The van der Waals surface area contributed by atoms with Crippen LogP contribution in [0, 0.1) is 0 Å².